The Kier molecular flexibility index (Phi) is 2.18. The smallest absolute Gasteiger partial charge is 0.203 e. The molecule has 2 atom stereocenters. The van der Waals surface area contributed by atoms with E-state index in [-0.39, 0.29) is 0 Å². The molecule has 2 unspecified atom stereocenters. The van der Waals surface area contributed by atoms with Crippen LogP contribution in [0.3, 0.4) is 0 Å². The molecule has 4 rings (SSSR count). The van der Waals surface area contributed by atoms with Crippen LogP contribution in [0.15, 0.2) is 0 Å². The van der Waals surface area contributed by atoms with Gasteiger partial charge in [-0.2, -0.15) is 0 Å². The van der Waals surface area contributed by atoms with Gasteiger partial charge in [0.05, 0.1) is 5.69 Å². The maximum absolute atomic E-state index is 4.81. The van der Waals surface area contributed by atoms with Gasteiger partial charge in [-0.3, -0.25) is 0 Å². The number of hydrogen-bond donors (Lipinski definition) is 2. The van der Waals surface area contributed by atoms with Crippen molar-refractivity contribution in [2.24, 2.45) is 5.92 Å². The summed E-state index contributed by atoms with van der Waals surface area (Å²) in [6.07, 6.45) is 6.35. The third kappa shape index (κ3) is 1.43. The lowest BCUT2D eigenvalue weighted by Gasteiger charge is -2.39. The Balaban J connectivity index is 1.80. The highest BCUT2D eigenvalue weighted by atomic mass is 15.3. The van der Waals surface area contributed by atoms with Crippen molar-refractivity contribution < 1.29 is 0 Å². The molecule has 0 spiro atoms. The molecule has 1 fully saturated rings. The zero-order valence-corrected chi connectivity index (χ0v) is 10.2. The molecule has 0 saturated carbocycles. The quantitative estimate of drug-likeness (QED) is 0.709. The van der Waals surface area contributed by atoms with Crippen LogP contribution in [0.5, 0.6) is 0 Å². The molecular weight excluding hydrogens is 212 g/mol. The van der Waals surface area contributed by atoms with Crippen LogP contribution in [-0.4, -0.2) is 29.2 Å². The van der Waals surface area contributed by atoms with E-state index in [1.54, 1.807) is 0 Å². The Morgan fingerprint density at radius 2 is 2.12 bits per heavy atom. The van der Waals surface area contributed by atoms with Crippen molar-refractivity contribution in [1.29, 1.82) is 0 Å². The molecule has 4 nitrogen and oxygen atoms in total. The van der Waals surface area contributed by atoms with E-state index in [1.165, 1.54) is 43.5 Å². The van der Waals surface area contributed by atoms with Gasteiger partial charge in [0.2, 0.25) is 5.95 Å². The summed E-state index contributed by atoms with van der Waals surface area (Å²) in [6.45, 7) is 3.41. The first-order valence-corrected chi connectivity index (χ1v) is 6.98. The van der Waals surface area contributed by atoms with Gasteiger partial charge in [0.15, 0.2) is 0 Å². The molecule has 1 aromatic heterocycles. The van der Waals surface area contributed by atoms with Gasteiger partial charge >= 0.3 is 0 Å². The number of imidazole rings is 1. The van der Waals surface area contributed by atoms with Crippen LogP contribution in [0.4, 0.5) is 5.95 Å². The molecule has 4 heteroatoms. The Hall–Kier alpha value is -1.03. The van der Waals surface area contributed by atoms with Crippen molar-refractivity contribution in [3.05, 3.63) is 11.4 Å². The molecule has 1 aromatic rings. The minimum Gasteiger partial charge on any atom is -0.355 e. The Bertz CT molecular complexity index is 437. The van der Waals surface area contributed by atoms with E-state index in [0.717, 1.165) is 31.5 Å². The second-order valence-corrected chi connectivity index (χ2v) is 5.61. The standard InChI is InChI=1S/C13H20N4/c1-2-4-12-10(3-1)16-13-15-8-9-7-14-6-5-11(9)17(12)13/h9,11,14H,1-8H2,(H,15,16). The second kappa shape index (κ2) is 3.73. The highest BCUT2D eigenvalue weighted by Gasteiger charge is 2.35. The van der Waals surface area contributed by atoms with E-state index in [9.17, 15) is 0 Å². The van der Waals surface area contributed by atoms with Crippen LogP contribution in [0, 0.1) is 5.92 Å². The molecule has 3 aliphatic rings. The van der Waals surface area contributed by atoms with Gasteiger partial charge < -0.3 is 15.2 Å². The average molecular weight is 232 g/mol. The predicted molar refractivity (Wildman–Crippen MR) is 67.4 cm³/mol. The van der Waals surface area contributed by atoms with Crippen LogP contribution in [-0.2, 0) is 12.8 Å². The van der Waals surface area contributed by atoms with Gasteiger partial charge in [-0.15, -0.1) is 0 Å². The number of piperidine rings is 1. The van der Waals surface area contributed by atoms with Gasteiger partial charge in [-0.05, 0) is 38.6 Å². The van der Waals surface area contributed by atoms with Gasteiger partial charge in [-0.1, -0.05) is 0 Å². The number of anilines is 1. The molecule has 2 aliphatic heterocycles. The number of aromatic nitrogens is 2. The van der Waals surface area contributed by atoms with Crippen LogP contribution in [0.2, 0.25) is 0 Å². The molecule has 1 saturated heterocycles. The van der Waals surface area contributed by atoms with Gasteiger partial charge in [0.1, 0.15) is 0 Å². The third-order valence-electron chi connectivity index (χ3n) is 4.59. The predicted octanol–water partition coefficient (Wildman–Crippen LogP) is 1.34. The van der Waals surface area contributed by atoms with E-state index in [2.05, 4.69) is 15.2 Å². The maximum atomic E-state index is 4.81. The minimum absolute atomic E-state index is 0.696. The highest BCUT2D eigenvalue weighted by molar-refractivity contribution is 5.38. The SMILES string of the molecule is C1CCc2c(nc3n2C2CCNCC2CN3)C1. The van der Waals surface area contributed by atoms with Gasteiger partial charge in [0, 0.05) is 30.7 Å². The Labute approximate surface area is 102 Å². The Morgan fingerprint density at radius 3 is 3.12 bits per heavy atom. The second-order valence-electron chi connectivity index (χ2n) is 5.61. The molecule has 3 heterocycles. The normalized spacial score (nSPS) is 31.1. The van der Waals surface area contributed by atoms with Crippen molar-refractivity contribution in [2.75, 3.05) is 25.0 Å². The summed E-state index contributed by atoms with van der Waals surface area (Å²) in [7, 11) is 0. The first-order chi connectivity index (χ1) is 8.43. The van der Waals surface area contributed by atoms with E-state index in [1.807, 2.05) is 0 Å². The van der Waals surface area contributed by atoms with E-state index < -0.39 is 0 Å². The lowest BCUT2D eigenvalue weighted by Crippen LogP contribution is -2.44. The van der Waals surface area contributed by atoms with E-state index in [4.69, 9.17) is 4.98 Å². The molecule has 0 radical (unpaired) electrons. The first-order valence-electron chi connectivity index (χ1n) is 6.98. The summed E-state index contributed by atoms with van der Waals surface area (Å²) in [5.74, 6) is 1.90. The lowest BCUT2D eigenvalue weighted by atomic mass is 9.90. The van der Waals surface area contributed by atoms with Crippen LogP contribution >= 0.6 is 0 Å². The van der Waals surface area contributed by atoms with E-state index >= 15 is 0 Å². The fourth-order valence-electron chi connectivity index (χ4n) is 3.72. The molecule has 0 bridgehead atoms. The maximum Gasteiger partial charge on any atom is 0.203 e. The van der Waals surface area contributed by atoms with Crippen molar-refractivity contribution in [1.82, 2.24) is 14.9 Å². The van der Waals surface area contributed by atoms with Crippen molar-refractivity contribution in [2.45, 2.75) is 38.1 Å². The summed E-state index contributed by atoms with van der Waals surface area (Å²) in [6, 6.07) is 0.696. The summed E-state index contributed by atoms with van der Waals surface area (Å²) < 4.78 is 2.55. The summed E-state index contributed by atoms with van der Waals surface area (Å²) >= 11 is 0. The summed E-state index contributed by atoms with van der Waals surface area (Å²) in [4.78, 5) is 4.81. The monoisotopic (exact) mass is 232 g/mol. The Morgan fingerprint density at radius 1 is 1.18 bits per heavy atom. The van der Waals surface area contributed by atoms with Crippen molar-refractivity contribution >= 4 is 5.95 Å². The molecule has 17 heavy (non-hydrogen) atoms. The topological polar surface area (TPSA) is 41.9 Å². The number of aryl methyl sites for hydroxylation is 1. The molecule has 0 aromatic carbocycles. The van der Waals surface area contributed by atoms with Gasteiger partial charge in [0.25, 0.3) is 0 Å². The number of nitrogens with one attached hydrogen (secondary N) is 2. The average Bonchev–Trinajstić information content (AvgIpc) is 2.77. The minimum atomic E-state index is 0.696. The van der Waals surface area contributed by atoms with Gasteiger partial charge in [-0.25, -0.2) is 4.98 Å². The zero-order valence-electron chi connectivity index (χ0n) is 10.2. The van der Waals surface area contributed by atoms with Crippen LogP contribution in [0.25, 0.3) is 0 Å². The molecule has 1 aliphatic carbocycles. The fourth-order valence-corrected chi connectivity index (χ4v) is 3.72. The molecular formula is C13H20N4. The van der Waals surface area contributed by atoms with Crippen LogP contribution < -0.4 is 10.6 Å². The number of fused-ring (bicyclic) bond motifs is 5. The highest BCUT2D eigenvalue weighted by Crippen LogP contribution is 2.37. The number of nitrogens with zero attached hydrogens (tertiary/aromatic N) is 2. The van der Waals surface area contributed by atoms with Crippen molar-refractivity contribution in [3.8, 4) is 0 Å². The largest absolute Gasteiger partial charge is 0.355 e. The fraction of sp³-hybridized carbons (Fsp3) is 0.769. The molecule has 0 amide bonds. The van der Waals surface area contributed by atoms with Crippen molar-refractivity contribution in [3.63, 3.8) is 0 Å². The van der Waals surface area contributed by atoms with Crippen LogP contribution in [0.1, 0.15) is 36.7 Å². The first kappa shape index (κ1) is 9.95. The summed E-state index contributed by atoms with van der Waals surface area (Å²) in [5, 5.41) is 7.04. The number of hydrogen-bond acceptors (Lipinski definition) is 3. The number of rotatable bonds is 0. The molecule has 2 N–H and O–H groups in total. The van der Waals surface area contributed by atoms with E-state index in [0.29, 0.717) is 6.04 Å². The zero-order chi connectivity index (χ0) is 11.2. The lowest BCUT2D eigenvalue weighted by molar-refractivity contribution is 0.249. The molecule has 92 valence electrons. The summed E-state index contributed by atoms with van der Waals surface area (Å²) in [5.41, 5.74) is 2.91. The third-order valence-corrected chi connectivity index (χ3v) is 4.59.